The van der Waals surface area contributed by atoms with Crippen molar-refractivity contribution >= 4 is 5.91 Å². The summed E-state index contributed by atoms with van der Waals surface area (Å²) < 4.78 is 9.75. The van der Waals surface area contributed by atoms with Crippen LogP contribution in [-0.4, -0.2) is 38.9 Å². The van der Waals surface area contributed by atoms with E-state index in [2.05, 4.69) is 5.48 Å². The summed E-state index contributed by atoms with van der Waals surface area (Å²) >= 11 is 0. The number of hydrogen-bond donors (Lipinski definition) is 1. The van der Waals surface area contributed by atoms with Gasteiger partial charge in [-0.25, -0.2) is 5.48 Å². The van der Waals surface area contributed by atoms with Crippen LogP contribution in [0.4, 0.5) is 0 Å². The smallest absolute Gasteiger partial charge is 0.269 e. The van der Waals surface area contributed by atoms with Crippen LogP contribution >= 0.6 is 0 Å². The number of methoxy groups -OCH3 is 1. The van der Waals surface area contributed by atoms with Gasteiger partial charge in [0.05, 0.1) is 19.3 Å². The van der Waals surface area contributed by atoms with Crippen molar-refractivity contribution in [3.63, 3.8) is 0 Å². The predicted molar refractivity (Wildman–Crippen MR) is 47.1 cm³/mol. The second-order valence-electron chi connectivity index (χ2n) is 2.73. The lowest BCUT2D eigenvalue weighted by Crippen LogP contribution is -2.30. The third-order valence-corrected chi connectivity index (χ3v) is 1.12. The van der Waals surface area contributed by atoms with Crippen LogP contribution in [0.25, 0.3) is 0 Å². The summed E-state index contributed by atoms with van der Waals surface area (Å²) in [6.45, 7) is 4.53. The van der Waals surface area contributed by atoms with E-state index in [-0.39, 0.29) is 18.6 Å². The van der Waals surface area contributed by atoms with E-state index in [0.29, 0.717) is 13.2 Å². The summed E-state index contributed by atoms with van der Waals surface area (Å²) in [7, 11) is 1.56. The molecule has 78 valence electrons. The van der Waals surface area contributed by atoms with Crippen molar-refractivity contribution in [3.05, 3.63) is 0 Å². The van der Waals surface area contributed by atoms with Gasteiger partial charge in [0.25, 0.3) is 5.91 Å². The molecule has 1 amide bonds. The Morgan fingerprint density at radius 3 is 2.62 bits per heavy atom. The maximum atomic E-state index is 10.9. The molecule has 0 spiro atoms. The zero-order chi connectivity index (χ0) is 10.1. The molecule has 5 heteroatoms. The fourth-order valence-electron chi connectivity index (χ4n) is 0.528. The molecule has 0 aliphatic heterocycles. The second kappa shape index (κ2) is 7.97. The SMILES string of the molecule is COCCONC(=O)COC(C)C. The molecule has 0 atom stereocenters. The Morgan fingerprint density at radius 2 is 2.08 bits per heavy atom. The van der Waals surface area contributed by atoms with Crippen molar-refractivity contribution in [3.8, 4) is 0 Å². The summed E-state index contributed by atoms with van der Waals surface area (Å²) in [4.78, 5) is 15.7. The number of carbonyl (C=O) groups excluding carboxylic acids is 1. The van der Waals surface area contributed by atoms with Gasteiger partial charge in [-0.15, -0.1) is 0 Å². The van der Waals surface area contributed by atoms with Crippen LogP contribution in [0.2, 0.25) is 0 Å². The molecule has 13 heavy (non-hydrogen) atoms. The van der Waals surface area contributed by atoms with Crippen molar-refractivity contribution in [2.24, 2.45) is 0 Å². The summed E-state index contributed by atoms with van der Waals surface area (Å²) in [5, 5.41) is 0. The van der Waals surface area contributed by atoms with E-state index < -0.39 is 0 Å². The molecule has 5 nitrogen and oxygen atoms in total. The van der Waals surface area contributed by atoms with Crippen LogP contribution < -0.4 is 5.48 Å². The van der Waals surface area contributed by atoms with Gasteiger partial charge in [-0.05, 0) is 13.8 Å². The lowest BCUT2D eigenvalue weighted by atomic mass is 10.5. The molecule has 1 N–H and O–H groups in total. The molecule has 0 unspecified atom stereocenters. The van der Waals surface area contributed by atoms with E-state index in [1.54, 1.807) is 7.11 Å². The topological polar surface area (TPSA) is 56.8 Å². The number of nitrogens with one attached hydrogen (secondary N) is 1. The maximum absolute atomic E-state index is 10.9. The second-order valence-corrected chi connectivity index (χ2v) is 2.73. The highest BCUT2D eigenvalue weighted by Crippen LogP contribution is 1.86. The molecular weight excluding hydrogens is 174 g/mol. The highest BCUT2D eigenvalue weighted by atomic mass is 16.7. The standard InChI is InChI=1S/C8H17NO4/c1-7(2)12-6-8(10)9-13-5-4-11-3/h7H,4-6H2,1-3H3,(H,9,10). The monoisotopic (exact) mass is 191 g/mol. The molecule has 0 saturated carbocycles. The minimum Gasteiger partial charge on any atom is -0.382 e. The Kier molecular flexibility index (Phi) is 7.57. The average Bonchev–Trinajstić information content (AvgIpc) is 2.09. The minimum atomic E-state index is -0.287. The van der Waals surface area contributed by atoms with Gasteiger partial charge in [0, 0.05) is 7.11 Å². The molecule has 0 aromatic carbocycles. The van der Waals surface area contributed by atoms with Crippen molar-refractivity contribution in [2.75, 3.05) is 26.9 Å². The molecule has 0 rings (SSSR count). The van der Waals surface area contributed by atoms with Crippen molar-refractivity contribution in [2.45, 2.75) is 20.0 Å². The Labute approximate surface area is 78.3 Å². The quantitative estimate of drug-likeness (QED) is 0.458. The Morgan fingerprint density at radius 1 is 1.38 bits per heavy atom. The van der Waals surface area contributed by atoms with Gasteiger partial charge in [0.2, 0.25) is 0 Å². The van der Waals surface area contributed by atoms with Gasteiger partial charge in [-0.3, -0.25) is 9.63 Å². The van der Waals surface area contributed by atoms with Crippen LogP contribution in [0.3, 0.4) is 0 Å². The van der Waals surface area contributed by atoms with Gasteiger partial charge in [0.15, 0.2) is 0 Å². The third kappa shape index (κ3) is 9.26. The van der Waals surface area contributed by atoms with Gasteiger partial charge in [-0.2, -0.15) is 0 Å². The van der Waals surface area contributed by atoms with Gasteiger partial charge in [0.1, 0.15) is 6.61 Å². The predicted octanol–water partition coefficient (Wildman–Crippen LogP) is 0.106. The molecule has 0 saturated heterocycles. The van der Waals surface area contributed by atoms with E-state index >= 15 is 0 Å². The first-order chi connectivity index (χ1) is 6.16. The number of hydroxylamine groups is 1. The molecular formula is C8H17NO4. The summed E-state index contributed by atoms with van der Waals surface area (Å²) in [6, 6.07) is 0. The lowest BCUT2D eigenvalue weighted by Gasteiger charge is -2.07. The van der Waals surface area contributed by atoms with E-state index in [9.17, 15) is 4.79 Å². The molecule has 0 heterocycles. The number of ether oxygens (including phenoxy) is 2. The molecule has 0 aromatic heterocycles. The molecule has 0 radical (unpaired) electrons. The number of carbonyl (C=O) groups is 1. The maximum Gasteiger partial charge on any atom is 0.269 e. The molecule has 0 aliphatic rings. The van der Waals surface area contributed by atoms with E-state index in [1.165, 1.54) is 0 Å². The van der Waals surface area contributed by atoms with Crippen molar-refractivity contribution in [1.82, 2.24) is 5.48 Å². The molecule has 0 aliphatic carbocycles. The minimum absolute atomic E-state index is 0.0185. The van der Waals surface area contributed by atoms with Crippen LogP contribution in [0, 0.1) is 0 Å². The van der Waals surface area contributed by atoms with E-state index in [1.807, 2.05) is 13.8 Å². The highest BCUT2D eigenvalue weighted by molar-refractivity contribution is 5.76. The summed E-state index contributed by atoms with van der Waals surface area (Å²) in [5.74, 6) is -0.287. The lowest BCUT2D eigenvalue weighted by molar-refractivity contribution is -0.140. The Balaban J connectivity index is 3.20. The Hall–Kier alpha value is -0.650. The molecule has 0 fully saturated rings. The van der Waals surface area contributed by atoms with Gasteiger partial charge < -0.3 is 9.47 Å². The fourth-order valence-corrected chi connectivity index (χ4v) is 0.528. The normalized spacial score (nSPS) is 10.5. The Bertz CT molecular complexity index is 138. The van der Waals surface area contributed by atoms with E-state index in [0.717, 1.165) is 0 Å². The summed E-state index contributed by atoms with van der Waals surface area (Å²) in [6.07, 6.45) is 0.0460. The number of amides is 1. The average molecular weight is 191 g/mol. The van der Waals surface area contributed by atoms with Crippen LogP contribution in [0.15, 0.2) is 0 Å². The van der Waals surface area contributed by atoms with Crippen LogP contribution in [-0.2, 0) is 19.1 Å². The van der Waals surface area contributed by atoms with Crippen LogP contribution in [0.5, 0.6) is 0 Å². The zero-order valence-corrected chi connectivity index (χ0v) is 8.33. The van der Waals surface area contributed by atoms with Crippen molar-refractivity contribution < 1.29 is 19.1 Å². The van der Waals surface area contributed by atoms with Crippen LogP contribution in [0.1, 0.15) is 13.8 Å². The molecule has 0 aromatic rings. The highest BCUT2D eigenvalue weighted by Gasteiger charge is 2.02. The number of rotatable bonds is 7. The first-order valence-corrected chi connectivity index (χ1v) is 4.18. The van der Waals surface area contributed by atoms with Crippen molar-refractivity contribution in [1.29, 1.82) is 0 Å². The largest absolute Gasteiger partial charge is 0.382 e. The first-order valence-electron chi connectivity index (χ1n) is 4.18. The fraction of sp³-hybridized carbons (Fsp3) is 0.875. The van der Waals surface area contributed by atoms with E-state index in [4.69, 9.17) is 14.3 Å². The zero-order valence-electron chi connectivity index (χ0n) is 8.33. The number of hydrogen-bond acceptors (Lipinski definition) is 4. The van der Waals surface area contributed by atoms with Gasteiger partial charge in [-0.1, -0.05) is 0 Å². The van der Waals surface area contributed by atoms with Gasteiger partial charge >= 0.3 is 0 Å². The summed E-state index contributed by atoms with van der Waals surface area (Å²) in [5.41, 5.74) is 2.23. The first kappa shape index (κ1) is 12.3. The molecule has 0 bridgehead atoms. The third-order valence-electron chi connectivity index (χ3n) is 1.12.